The van der Waals surface area contributed by atoms with E-state index in [0.29, 0.717) is 11.4 Å². The largest absolute Gasteiger partial charge is 0.325 e. The summed E-state index contributed by atoms with van der Waals surface area (Å²) in [5.74, 6) is -0.625. The van der Waals surface area contributed by atoms with Gasteiger partial charge in [0.25, 0.3) is 10.0 Å². The molecule has 0 unspecified atom stereocenters. The summed E-state index contributed by atoms with van der Waals surface area (Å²) in [5.41, 5.74) is 1.84. The third-order valence-corrected chi connectivity index (χ3v) is 7.73. The van der Waals surface area contributed by atoms with Gasteiger partial charge in [-0.15, -0.1) is 0 Å². The lowest BCUT2D eigenvalue weighted by Gasteiger charge is -2.17. The third kappa shape index (κ3) is 6.12. The maximum atomic E-state index is 12.6. The second kappa shape index (κ2) is 9.65. The maximum Gasteiger partial charge on any atom is 0.264 e. The molecule has 1 amide bonds. The number of aromatic nitrogens is 2. The lowest BCUT2D eigenvalue weighted by atomic mass is 10.2. The Morgan fingerprint density at radius 3 is 2.12 bits per heavy atom. The lowest BCUT2D eigenvalue weighted by Crippen LogP contribution is -2.34. The van der Waals surface area contributed by atoms with Crippen molar-refractivity contribution in [2.24, 2.45) is 0 Å². The molecule has 0 saturated heterocycles. The second-order valence-corrected chi connectivity index (χ2v) is 11.0. The molecule has 0 bridgehead atoms. The fourth-order valence-corrected chi connectivity index (χ4v) is 4.85. The number of sulfonamides is 2. The van der Waals surface area contributed by atoms with E-state index in [4.69, 9.17) is 0 Å². The van der Waals surface area contributed by atoms with Crippen molar-refractivity contribution in [3.8, 4) is 0 Å². The molecule has 12 heteroatoms. The molecule has 33 heavy (non-hydrogen) atoms. The number of likely N-dealkylation sites (N-methyl/N-ethyl adjacent to an activating group) is 1. The van der Waals surface area contributed by atoms with Crippen molar-refractivity contribution in [3.05, 3.63) is 72.1 Å². The molecule has 0 spiro atoms. The molecule has 0 atom stereocenters. The van der Waals surface area contributed by atoms with Gasteiger partial charge in [-0.3, -0.25) is 4.79 Å². The number of rotatable bonds is 8. The van der Waals surface area contributed by atoms with Crippen LogP contribution in [0.15, 0.2) is 70.6 Å². The zero-order valence-electron chi connectivity index (χ0n) is 18.2. The minimum Gasteiger partial charge on any atom is -0.325 e. The van der Waals surface area contributed by atoms with Gasteiger partial charge in [0.15, 0.2) is 0 Å². The molecular weight excluding hydrogens is 466 g/mol. The van der Waals surface area contributed by atoms with Gasteiger partial charge in [-0.05, 0) is 56.3 Å². The van der Waals surface area contributed by atoms with E-state index in [0.717, 1.165) is 9.87 Å². The summed E-state index contributed by atoms with van der Waals surface area (Å²) in [7, 11) is -6.44. The Kier molecular flexibility index (Phi) is 7.10. The zero-order valence-corrected chi connectivity index (χ0v) is 19.8. The molecule has 3 aromatic rings. The molecule has 2 N–H and O–H groups in total. The van der Waals surface area contributed by atoms with Gasteiger partial charge >= 0.3 is 0 Å². The number of carbonyl (C=O) groups is 1. The summed E-state index contributed by atoms with van der Waals surface area (Å²) < 4.78 is 53.5. The van der Waals surface area contributed by atoms with Crippen molar-refractivity contribution in [3.63, 3.8) is 0 Å². The van der Waals surface area contributed by atoms with Crippen molar-refractivity contribution in [2.75, 3.05) is 23.6 Å². The minimum absolute atomic E-state index is 0.0507. The summed E-state index contributed by atoms with van der Waals surface area (Å²) in [4.78, 5) is 20.3. The molecule has 2 aromatic carbocycles. The van der Waals surface area contributed by atoms with Gasteiger partial charge in [-0.2, -0.15) is 4.31 Å². The van der Waals surface area contributed by atoms with Crippen molar-refractivity contribution in [1.82, 2.24) is 14.3 Å². The SMILES string of the molecule is Cc1ccc(S(=O)(=O)N(C)CC(=O)Nc2ccc(S(=O)(=O)Nc3nccc(C)n3)cc2)cc1. The van der Waals surface area contributed by atoms with Crippen molar-refractivity contribution >= 4 is 37.6 Å². The molecule has 10 nitrogen and oxygen atoms in total. The number of anilines is 2. The van der Waals surface area contributed by atoms with Gasteiger partial charge in [-0.1, -0.05) is 17.7 Å². The summed E-state index contributed by atoms with van der Waals surface area (Å²) >= 11 is 0. The van der Waals surface area contributed by atoms with Crippen molar-refractivity contribution < 1.29 is 21.6 Å². The Labute approximate surface area is 192 Å². The molecule has 0 radical (unpaired) electrons. The highest BCUT2D eigenvalue weighted by molar-refractivity contribution is 7.92. The highest BCUT2D eigenvalue weighted by Crippen LogP contribution is 2.18. The van der Waals surface area contributed by atoms with E-state index in [1.54, 1.807) is 25.1 Å². The van der Waals surface area contributed by atoms with Crippen LogP contribution in [0.4, 0.5) is 11.6 Å². The number of nitrogens with zero attached hydrogens (tertiary/aromatic N) is 3. The Morgan fingerprint density at radius 1 is 0.909 bits per heavy atom. The Morgan fingerprint density at radius 2 is 1.52 bits per heavy atom. The smallest absolute Gasteiger partial charge is 0.264 e. The summed E-state index contributed by atoms with van der Waals surface area (Å²) in [6.07, 6.45) is 1.44. The first-order chi connectivity index (χ1) is 15.5. The average Bonchev–Trinajstić information content (AvgIpc) is 2.74. The molecule has 1 heterocycles. The van der Waals surface area contributed by atoms with Crippen LogP contribution in [0.3, 0.4) is 0 Å². The van der Waals surface area contributed by atoms with E-state index in [1.807, 2.05) is 6.92 Å². The van der Waals surface area contributed by atoms with Gasteiger partial charge in [0.2, 0.25) is 21.9 Å². The molecule has 3 rings (SSSR count). The van der Waals surface area contributed by atoms with Gasteiger partial charge in [0, 0.05) is 24.6 Å². The fourth-order valence-electron chi connectivity index (χ4n) is 2.77. The zero-order chi connectivity index (χ0) is 24.2. The standard InChI is InChI=1S/C21H23N5O5S2/c1-15-4-8-19(9-5-15)33(30,31)26(3)14-20(27)24-17-6-10-18(11-7-17)32(28,29)25-21-22-13-12-16(2)23-21/h4-13H,14H2,1-3H3,(H,24,27)(H,22,23,25). The monoisotopic (exact) mass is 489 g/mol. The summed E-state index contributed by atoms with van der Waals surface area (Å²) in [6.45, 7) is 3.14. The van der Waals surface area contributed by atoms with Crippen LogP contribution in [0.1, 0.15) is 11.3 Å². The number of hydrogen-bond acceptors (Lipinski definition) is 7. The predicted molar refractivity (Wildman–Crippen MR) is 124 cm³/mol. The Balaban J connectivity index is 1.64. The molecular formula is C21H23N5O5S2. The van der Waals surface area contributed by atoms with Gasteiger partial charge in [0.1, 0.15) is 0 Å². The van der Waals surface area contributed by atoms with E-state index in [-0.39, 0.29) is 15.7 Å². The number of aryl methyl sites for hydroxylation is 2. The van der Waals surface area contributed by atoms with Crippen LogP contribution in [0.2, 0.25) is 0 Å². The van der Waals surface area contributed by atoms with Crippen LogP contribution in [0.25, 0.3) is 0 Å². The van der Waals surface area contributed by atoms with Crippen molar-refractivity contribution in [2.45, 2.75) is 23.6 Å². The molecule has 0 aliphatic rings. The number of benzene rings is 2. The topological polar surface area (TPSA) is 138 Å². The van der Waals surface area contributed by atoms with Crippen LogP contribution >= 0.6 is 0 Å². The highest BCUT2D eigenvalue weighted by atomic mass is 32.2. The first-order valence-electron chi connectivity index (χ1n) is 9.73. The minimum atomic E-state index is -3.92. The fraction of sp³-hybridized carbons (Fsp3) is 0.190. The molecule has 1 aromatic heterocycles. The second-order valence-electron chi connectivity index (χ2n) is 7.27. The van der Waals surface area contributed by atoms with Crippen LogP contribution in [-0.4, -0.2) is 50.6 Å². The molecule has 0 aliphatic carbocycles. The maximum absolute atomic E-state index is 12.6. The van der Waals surface area contributed by atoms with Crippen LogP contribution in [-0.2, 0) is 24.8 Å². The van der Waals surface area contributed by atoms with Gasteiger partial charge < -0.3 is 5.32 Å². The normalized spacial score (nSPS) is 11.9. The average molecular weight is 490 g/mol. The Hall–Kier alpha value is -3.35. The van der Waals surface area contributed by atoms with E-state index in [2.05, 4.69) is 20.0 Å². The van der Waals surface area contributed by atoms with E-state index >= 15 is 0 Å². The number of amides is 1. The predicted octanol–water partition coefficient (Wildman–Crippen LogP) is 2.15. The number of carbonyl (C=O) groups excluding carboxylic acids is 1. The number of hydrogen-bond donors (Lipinski definition) is 2. The van der Waals surface area contributed by atoms with Gasteiger partial charge in [-0.25, -0.2) is 31.5 Å². The quantitative estimate of drug-likeness (QED) is 0.494. The molecule has 0 saturated carbocycles. The van der Waals surface area contributed by atoms with Crippen LogP contribution in [0, 0.1) is 13.8 Å². The molecule has 174 valence electrons. The van der Waals surface area contributed by atoms with E-state index < -0.39 is 32.5 Å². The Bertz CT molecular complexity index is 1360. The summed E-state index contributed by atoms with van der Waals surface area (Å²) in [5, 5.41) is 2.56. The van der Waals surface area contributed by atoms with E-state index in [1.165, 1.54) is 49.6 Å². The van der Waals surface area contributed by atoms with E-state index in [9.17, 15) is 21.6 Å². The van der Waals surface area contributed by atoms with Crippen LogP contribution in [0.5, 0.6) is 0 Å². The lowest BCUT2D eigenvalue weighted by molar-refractivity contribution is -0.116. The third-order valence-electron chi connectivity index (χ3n) is 4.56. The molecule has 0 fully saturated rings. The van der Waals surface area contributed by atoms with Crippen molar-refractivity contribution in [1.29, 1.82) is 0 Å². The van der Waals surface area contributed by atoms with Gasteiger partial charge in [0.05, 0.1) is 16.3 Å². The van der Waals surface area contributed by atoms with Crippen LogP contribution < -0.4 is 10.0 Å². The first-order valence-corrected chi connectivity index (χ1v) is 12.6. The first kappa shape index (κ1) is 24.3. The number of nitrogens with one attached hydrogen (secondary N) is 2. The highest BCUT2D eigenvalue weighted by Gasteiger charge is 2.23. The molecule has 0 aliphatic heterocycles. The summed E-state index contributed by atoms with van der Waals surface area (Å²) in [6, 6.07) is 13.4.